The van der Waals surface area contributed by atoms with Crippen LogP contribution in [-0.4, -0.2) is 40.3 Å². The Morgan fingerprint density at radius 3 is 2.83 bits per heavy atom. The molecule has 7 nitrogen and oxygen atoms in total. The SMILES string of the molecule is O=C(CCc1ccc(=O)[nH]n1)N[C@H]1COC[C@H]1Cc1ccncc1. The van der Waals surface area contributed by atoms with Crippen LogP contribution in [0.15, 0.2) is 41.5 Å². The van der Waals surface area contributed by atoms with Crippen LogP contribution in [0.3, 0.4) is 0 Å². The quantitative estimate of drug-likeness (QED) is 0.803. The van der Waals surface area contributed by atoms with Gasteiger partial charge in [-0.05, 0) is 30.2 Å². The van der Waals surface area contributed by atoms with Crippen molar-refractivity contribution in [3.05, 3.63) is 58.3 Å². The summed E-state index contributed by atoms with van der Waals surface area (Å²) >= 11 is 0. The Morgan fingerprint density at radius 2 is 2.08 bits per heavy atom. The first kappa shape index (κ1) is 16.3. The van der Waals surface area contributed by atoms with Gasteiger partial charge in [0, 0.05) is 37.2 Å². The lowest BCUT2D eigenvalue weighted by molar-refractivity contribution is -0.122. The predicted molar refractivity (Wildman–Crippen MR) is 87.4 cm³/mol. The lowest BCUT2D eigenvalue weighted by atomic mass is 9.95. The summed E-state index contributed by atoms with van der Waals surface area (Å²) in [4.78, 5) is 27.1. The topological polar surface area (TPSA) is 97.0 Å². The number of H-pyrrole nitrogens is 1. The number of aryl methyl sites for hydroxylation is 1. The van der Waals surface area contributed by atoms with Gasteiger partial charge in [0.2, 0.25) is 5.91 Å². The average Bonchev–Trinajstić information content (AvgIpc) is 3.02. The molecule has 0 saturated carbocycles. The highest BCUT2D eigenvalue weighted by atomic mass is 16.5. The molecule has 1 aliphatic heterocycles. The number of rotatable bonds is 6. The zero-order chi connectivity index (χ0) is 16.8. The highest BCUT2D eigenvalue weighted by molar-refractivity contribution is 5.76. The molecular weight excluding hydrogens is 308 g/mol. The smallest absolute Gasteiger partial charge is 0.264 e. The highest BCUT2D eigenvalue weighted by Gasteiger charge is 2.29. The number of aromatic nitrogens is 3. The van der Waals surface area contributed by atoms with E-state index in [9.17, 15) is 9.59 Å². The summed E-state index contributed by atoms with van der Waals surface area (Å²) < 4.78 is 5.54. The third kappa shape index (κ3) is 4.48. The Labute approximate surface area is 139 Å². The van der Waals surface area contributed by atoms with E-state index in [1.807, 2.05) is 12.1 Å². The summed E-state index contributed by atoms with van der Waals surface area (Å²) in [5.74, 6) is 0.237. The second-order valence-corrected chi connectivity index (χ2v) is 5.94. The number of carbonyl (C=O) groups is 1. The summed E-state index contributed by atoms with van der Waals surface area (Å²) in [6.45, 7) is 1.19. The summed E-state index contributed by atoms with van der Waals surface area (Å²) in [6.07, 6.45) is 5.23. The molecular formula is C17H20N4O3. The molecule has 0 bridgehead atoms. The zero-order valence-electron chi connectivity index (χ0n) is 13.3. The number of nitrogens with zero attached hydrogens (tertiary/aromatic N) is 2. The van der Waals surface area contributed by atoms with Gasteiger partial charge in [-0.2, -0.15) is 5.10 Å². The Hall–Kier alpha value is -2.54. The first-order valence-electron chi connectivity index (χ1n) is 8.01. The minimum absolute atomic E-state index is 0.0224. The van der Waals surface area contributed by atoms with Crippen LogP contribution in [0.2, 0.25) is 0 Å². The molecule has 0 aromatic carbocycles. The van der Waals surface area contributed by atoms with Crippen molar-refractivity contribution in [3.8, 4) is 0 Å². The van der Waals surface area contributed by atoms with E-state index in [0.29, 0.717) is 31.7 Å². The van der Waals surface area contributed by atoms with E-state index >= 15 is 0 Å². The van der Waals surface area contributed by atoms with Gasteiger partial charge >= 0.3 is 0 Å². The van der Waals surface area contributed by atoms with Crippen molar-refractivity contribution in [1.29, 1.82) is 0 Å². The van der Waals surface area contributed by atoms with Crippen LogP contribution in [0.1, 0.15) is 17.7 Å². The number of ether oxygens (including phenoxy) is 1. The lowest BCUT2D eigenvalue weighted by Crippen LogP contribution is -2.40. The van der Waals surface area contributed by atoms with Gasteiger partial charge in [0.1, 0.15) is 0 Å². The number of aromatic amines is 1. The molecule has 24 heavy (non-hydrogen) atoms. The van der Waals surface area contributed by atoms with Gasteiger partial charge in [-0.1, -0.05) is 0 Å². The van der Waals surface area contributed by atoms with Crippen molar-refractivity contribution in [2.75, 3.05) is 13.2 Å². The Morgan fingerprint density at radius 1 is 1.25 bits per heavy atom. The van der Waals surface area contributed by atoms with Crippen LogP contribution in [-0.2, 0) is 22.4 Å². The van der Waals surface area contributed by atoms with Crippen molar-refractivity contribution >= 4 is 5.91 Å². The minimum atomic E-state index is -0.245. The molecule has 2 aromatic rings. The van der Waals surface area contributed by atoms with Crippen molar-refractivity contribution in [2.45, 2.75) is 25.3 Å². The van der Waals surface area contributed by atoms with Crippen molar-refractivity contribution in [3.63, 3.8) is 0 Å². The molecule has 7 heteroatoms. The molecule has 2 N–H and O–H groups in total. The maximum atomic E-state index is 12.2. The van der Waals surface area contributed by atoms with Crippen LogP contribution >= 0.6 is 0 Å². The first-order valence-corrected chi connectivity index (χ1v) is 8.01. The minimum Gasteiger partial charge on any atom is -0.379 e. The maximum Gasteiger partial charge on any atom is 0.264 e. The van der Waals surface area contributed by atoms with Crippen molar-refractivity contribution in [1.82, 2.24) is 20.5 Å². The molecule has 0 aliphatic carbocycles. The number of nitrogens with one attached hydrogen (secondary N) is 2. The monoisotopic (exact) mass is 328 g/mol. The number of carbonyl (C=O) groups excluding carboxylic acids is 1. The van der Waals surface area contributed by atoms with Gasteiger partial charge in [0.15, 0.2) is 0 Å². The highest BCUT2D eigenvalue weighted by Crippen LogP contribution is 2.19. The molecule has 0 radical (unpaired) electrons. The number of hydrogen-bond donors (Lipinski definition) is 2. The van der Waals surface area contributed by atoms with E-state index in [-0.39, 0.29) is 23.4 Å². The largest absolute Gasteiger partial charge is 0.379 e. The second kappa shape index (κ2) is 7.83. The zero-order valence-corrected chi connectivity index (χ0v) is 13.3. The third-order valence-electron chi connectivity index (χ3n) is 4.14. The number of pyridine rings is 1. The van der Waals surface area contributed by atoms with Gasteiger partial charge in [0.25, 0.3) is 5.56 Å². The van der Waals surface area contributed by atoms with Gasteiger partial charge in [-0.25, -0.2) is 5.10 Å². The first-order chi connectivity index (χ1) is 11.7. The molecule has 2 atom stereocenters. The fraction of sp³-hybridized carbons (Fsp3) is 0.412. The Kier molecular flexibility index (Phi) is 5.32. The molecule has 3 heterocycles. The standard InChI is InChI=1S/C17H20N4O3/c22-16(3-1-14-2-4-17(23)21-20-14)19-15-11-24-10-13(15)9-12-5-7-18-8-6-12/h2,4-8,13,15H,1,3,9-11H2,(H,19,22)(H,21,23)/t13-,15+/m1/s1. The molecule has 3 rings (SSSR count). The predicted octanol–water partition coefficient (Wildman–Crippen LogP) is 0.471. The number of amides is 1. The van der Waals surface area contributed by atoms with E-state index in [1.165, 1.54) is 11.6 Å². The molecule has 2 aromatic heterocycles. The normalized spacial score (nSPS) is 20.0. The van der Waals surface area contributed by atoms with E-state index < -0.39 is 0 Å². The average molecular weight is 328 g/mol. The fourth-order valence-electron chi connectivity index (χ4n) is 2.81. The maximum absolute atomic E-state index is 12.2. The van der Waals surface area contributed by atoms with Crippen LogP contribution in [0.5, 0.6) is 0 Å². The van der Waals surface area contributed by atoms with Gasteiger partial charge in [-0.3, -0.25) is 14.6 Å². The Balaban J connectivity index is 1.49. The third-order valence-corrected chi connectivity index (χ3v) is 4.14. The van der Waals surface area contributed by atoms with Crippen LogP contribution in [0.4, 0.5) is 0 Å². The Bertz CT molecular complexity index is 712. The molecule has 1 saturated heterocycles. The number of hydrogen-bond acceptors (Lipinski definition) is 5. The molecule has 1 amide bonds. The van der Waals surface area contributed by atoms with Crippen LogP contribution < -0.4 is 10.9 Å². The van der Waals surface area contributed by atoms with Gasteiger partial charge in [0.05, 0.1) is 24.9 Å². The van der Waals surface area contributed by atoms with E-state index in [1.54, 1.807) is 18.5 Å². The van der Waals surface area contributed by atoms with Gasteiger partial charge in [-0.15, -0.1) is 0 Å². The van der Waals surface area contributed by atoms with Crippen LogP contribution in [0, 0.1) is 5.92 Å². The summed E-state index contributed by atoms with van der Waals surface area (Å²) in [5, 5.41) is 9.33. The second-order valence-electron chi connectivity index (χ2n) is 5.94. The molecule has 1 fully saturated rings. The lowest BCUT2D eigenvalue weighted by Gasteiger charge is -2.19. The van der Waals surface area contributed by atoms with Crippen molar-refractivity contribution < 1.29 is 9.53 Å². The fourth-order valence-corrected chi connectivity index (χ4v) is 2.81. The summed E-state index contributed by atoms with van der Waals surface area (Å²) in [6, 6.07) is 7.04. The molecule has 0 spiro atoms. The van der Waals surface area contributed by atoms with Crippen LogP contribution in [0.25, 0.3) is 0 Å². The molecule has 1 aliphatic rings. The molecule has 0 unspecified atom stereocenters. The molecule has 126 valence electrons. The summed E-state index contributed by atoms with van der Waals surface area (Å²) in [7, 11) is 0. The van der Waals surface area contributed by atoms with E-state index in [2.05, 4.69) is 20.5 Å². The van der Waals surface area contributed by atoms with E-state index in [4.69, 9.17) is 4.74 Å². The van der Waals surface area contributed by atoms with Crippen molar-refractivity contribution in [2.24, 2.45) is 5.92 Å². The van der Waals surface area contributed by atoms with E-state index in [0.717, 1.165) is 6.42 Å². The van der Waals surface area contributed by atoms with Gasteiger partial charge < -0.3 is 10.1 Å². The summed E-state index contributed by atoms with van der Waals surface area (Å²) in [5.41, 5.74) is 1.64.